The molecule has 29 heavy (non-hydrogen) atoms. The highest BCUT2D eigenvalue weighted by molar-refractivity contribution is 7.89. The van der Waals surface area contributed by atoms with Crippen LogP contribution in [0.4, 0.5) is 10.1 Å². The van der Waals surface area contributed by atoms with E-state index in [0.717, 1.165) is 10.4 Å². The number of anilines is 1. The Bertz CT molecular complexity index is 1030. The molecule has 0 saturated heterocycles. The van der Waals surface area contributed by atoms with Gasteiger partial charge in [0.15, 0.2) is 6.10 Å². The standard InChI is InChI=1S/C20H21FN2O5S/c1-14(28-19(24)12-11-15-7-4-5-10-18(15)21)20(25)22-16-8-6-9-17(13-16)29(26,27)23(2)3/h4-14H,1-3H3,(H,22,25)/b12-11+/t14-/m0/s1. The van der Waals surface area contributed by atoms with E-state index in [2.05, 4.69) is 5.32 Å². The second-order valence-electron chi connectivity index (χ2n) is 6.24. The molecule has 9 heteroatoms. The van der Waals surface area contributed by atoms with Crippen molar-refractivity contribution in [2.45, 2.75) is 17.9 Å². The molecule has 0 bridgehead atoms. The van der Waals surface area contributed by atoms with E-state index in [4.69, 9.17) is 4.74 Å². The maximum atomic E-state index is 13.5. The first-order valence-corrected chi connectivity index (χ1v) is 10.0. The summed E-state index contributed by atoms with van der Waals surface area (Å²) in [6.45, 7) is 1.37. The number of carbonyl (C=O) groups is 2. The van der Waals surface area contributed by atoms with Gasteiger partial charge in [-0.05, 0) is 37.3 Å². The van der Waals surface area contributed by atoms with Crippen molar-refractivity contribution in [3.8, 4) is 0 Å². The zero-order valence-electron chi connectivity index (χ0n) is 16.1. The molecule has 7 nitrogen and oxygen atoms in total. The third-order valence-corrected chi connectivity index (χ3v) is 5.66. The van der Waals surface area contributed by atoms with Gasteiger partial charge in [0, 0.05) is 31.4 Å². The highest BCUT2D eigenvalue weighted by Gasteiger charge is 2.20. The maximum absolute atomic E-state index is 13.5. The monoisotopic (exact) mass is 420 g/mol. The Hall–Kier alpha value is -3.04. The molecule has 0 unspecified atom stereocenters. The summed E-state index contributed by atoms with van der Waals surface area (Å²) >= 11 is 0. The largest absolute Gasteiger partial charge is 0.449 e. The summed E-state index contributed by atoms with van der Waals surface area (Å²) in [6, 6.07) is 11.6. The fourth-order valence-electron chi connectivity index (χ4n) is 2.22. The maximum Gasteiger partial charge on any atom is 0.331 e. The number of esters is 1. The predicted molar refractivity (Wildman–Crippen MR) is 107 cm³/mol. The molecule has 0 spiro atoms. The van der Waals surface area contributed by atoms with Gasteiger partial charge >= 0.3 is 5.97 Å². The number of benzene rings is 2. The number of nitrogens with one attached hydrogen (secondary N) is 1. The molecule has 2 aromatic carbocycles. The lowest BCUT2D eigenvalue weighted by molar-refractivity contribution is -0.148. The molecule has 0 fully saturated rings. The summed E-state index contributed by atoms with van der Waals surface area (Å²) in [5, 5.41) is 2.50. The van der Waals surface area contributed by atoms with E-state index in [9.17, 15) is 22.4 Å². The summed E-state index contributed by atoms with van der Waals surface area (Å²) in [4.78, 5) is 24.1. The summed E-state index contributed by atoms with van der Waals surface area (Å²) < 4.78 is 43.9. The Kier molecular flexibility index (Phi) is 7.24. The lowest BCUT2D eigenvalue weighted by Gasteiger charge is -2.14. The number of rotatable bonds is 7. The van der Waals surface area contributed by atoms with E-state index < -0.39 is 33.8 Å². The molecule has 1 amide bonds. The van der Waals surface area contributed by atoms with Crippen LogP contribution in [0.2, 0.25) is 0 Å². The van der Waals surface area contributed by atoms with Crippen molar-refractivity contribution in [3.05, 3.63) is 66.0 Å². The van der Waals surface area contributed by atoms with Gasteiger partial charge in [0.2, 0.25) is 10.0 Å². The fraction of sp³-hybridized carbons (Fsp3) is 0.200. The van der Waals surface area contributed by atoms with Crippen molar-refractivity contribution < 1.29 is 27.1 Å². The Morgan fingerprint density at radius 3 is 2.48 bits per heavy atom. The first kappa shape index (κ1) is 22.3. The minimum absolute atomic E-state index is 0.0118. The quantitative estimate of drug-likeness (QED) is 0.549. The molecule has 1 atom stereocenters. The van der Waals surface area contributed by atoms with Gasteiger partial charge in [-0.2, -0.15) is 0 Å². The molecular formula is C20H21FN2O5S. The molecule has 0 aliphatic heterocycles. The van der Waals surface area contributed by atoms with Gasteiger partial charge in [-0.1, -0.05) is 24.3 Å². The van der Waals surface area contributed by atoms with Crippen LogP contribution in [0.5, 0.6) is 0 Å². The van der Waals surface area contributed by atoms with Crippen molar-refractivity contribution in [2.24, 2.45) is 0 Å². The molecule has 1 N–H and O–H groups in total. The summed E-state index contributed by atoms with van der Waals surface area (Å²) in [6.07, 6.45) is 1.12. The minimum atomic E-state index is -3.65. The number of halogens is 1. The van der Waals surface area contributed by atoms with Gasteiger partial charge in [0.25, 0.3) is 5.91 Å². The number of hydrogen-bond donors (Lipinski definition) is 1. The molecule has 0 radical (unpaired) electrons. The molecule has 2 rings (SSSR count). The van der Waals surface area contributed by atoms with E-state index in [1.165, 1.54) is 69.6 Å². The third-order valence-electron chi connectivity index (χ3n) is 3.85. The Labute approximate surface area is 168 Å². The number of sulfonamides is 1. The molecule has 0 aliphatic rings. The third kappa shape index (κ3) is 5.97. The van der Waals surface area contributed by atoms with Crippen LogP contribution in [-0.4, -0.2) is 44.8 Å². The van der Waals surface area contributed by atoms with Crippen LogP contribution in [-0.2, 0) is 24.3 Å². The van der Waals surface area contributed by atoms with E-state index in [1.54, 1.807) is 6.07 Å². The predicted octanol–water partition coefficient (Wildman–Crippen LogP) is 2.66. The van der Waals surface area contributed by atoms with Gasteiger partial charge in [0.05, 0.1) is 4.90 Å². The number of amides is 1. The van der Waals surface area contributed by atoms with Gasteiger partial charge in [0.1, 0.15) is 5.82 Å². The van der Waals surface area contributed by atoms with Gasteiger partial charge < -0.3 is 10.1 Å². The van der Waals surface area contributed by atoms with E-state index in [0.29, 0.717) is 0 Å². The van der Waals surface area contributed by atoms with Gasteiger partial charge in [-0.25, -0.2) is 21.9 Å². The molecule has 2 aromatic rings. The topological polar surface area (TPSA) is 92.8 Å². The van der Waals surface area contributed by atoms with Crippen molar-refractivity contribution in [2.75, 3.05) is 19.4 Å². The number of carbonyl (C=O) groups excluding carboxylic acids is 2. The summed E-state index contributed by atoms with van der Waals surface area (Å²) in [7, 11) is -0.855. The first-order chi connectivity index (χ1) is 13.6. The molecule has 0 heterocycles. The minimum Gasteiger partial charge on any atom is -0.449 e. The van der Waals surface area contributed by atoms with Crippen LogP contribution in [0.15, 0.2) is 59.5 Å². The molecular weight excluding hydrogens is 399 g/mol. The Balaban J connectivity index is 2.01. The highest BCUT2D eigenvalue weighted by Crippen LogP contribution is 2.18. The summed E-state index contributed by atoms with van der Waals surface area (Å²) in [5.41, 5.74) is 0.447. The van der Waals surface area contributed by atoms with Crippen molar-refractivity contribution in [1.29, 1.82) is 0 Å². The van der Waals surface area contributed by atoms with E-state index in [-0.39, 0.29) is 16.1 Å². The molecule has 0 aromatic heterocycles. The Morgan fingerprint density at radius 1 is 1.14 bits per heavy atom. The van der Waals surface area contributed by atoms with Crippen LogP contribution in [0, 0.1) is 5.82 Å². The Morgan fingerprint density at radius 2 is 1.83 bits per heavy atom. The molecule has 0 saturated carbocycles. The highest BCUT2D eigenvalue weighted by atomic mass is 32.2. The van der Waals surface area contributed by atoms with Crippen LogP contribution in [0.25, 0.3) is 6.08 Å². The number of ether oxygens (including phenoxy) is 1. The first-order valence-electron chi connectivity index (χ1n) is 8.58. The molecule has 154 valence electrons. The van der Waals surface area contributed by atoms with Crippen molar-refractivity contribution >= 4 is 33.7 Å². The second kappa shape index (κ2) is 9.44. The van der Waals surface area contributed by atoms with Crippen LogP contribution in [0.3, 0.4) is 0 Å². The fourth-order valence-corrected chi connectivity index (χ4v) is 3.17. The molecule has 0 aliphatic carbocycles. The number of nitrogens with zero attached hydrogens (tertiary/aromatic N) is 1. The van der Waals surface area contributed by atoms with Crippen molar-refractivity contribution in [3.63, 3.8) is 0 Å². The lowest BCUT2D eigenvalue weighted by Crippen LogP contribution is -2.29. The van der Waals surface area contributed by atoms with Crippen LogP contribution in [0.1, 0.15) is 12.5 Å². The van der Waals surface area contributed by atoms with E-state index in [1.807, 2.05) is 0 Å². The normalized spacial score (nSPS) is 12.7. The zero-order chi connectivity index (χ0) is 21.6. The van der Waals surface area contributed by atoms with Gasteiger partial charge in [-0.15, -0.1) is 0 Å². The average molecular weight is 420 g/mol. The van der Waals surface area contributed by atoms with E-state index >= 15 is 0 Å². The second-order valence-corrected chi connectivity index (χ2v) is 8.39. The average Bonchev–Trinajstić information content (AvgIpc) is 2.67. The SMILES string of the molecule is C[C@H](OC(=O)/C=C/c1ccccc1F)C(=O)Nc1cccc(S(=O)(=O)N(C)C)c1. The van der Waals surface area contributed by atoms with Gasteiger partial charge in [-0.3, -0.25) is 4.79 Å². The van der Waals surface area contributed by atoms with Crippen LogP contribution >= 0.6 is 0 Å². The smallest absolute Gasteiger partial charge is 0.331 e. The zero-order valence-corrected chi connectivity index (χ0v) is 16.9. The summed E-state index contributed by atoms with van der Waals surface area (Å²) in [5.74, 6) is -1.95. The van der Waals surface area contributed by atoms with Crippen molar-refractivity contribution in [1.82, 2.24) is 4.31 Å². The van der Waals surface area contributed by atoms with Crippen LogP contribution < -0.4 is 5.32 Å². The number of hydrogen-bond acceptors (Lipinski definition) is 5. The lowest BCUT2D eigenvalue weighted by atomic mass is 10.2.